The molecule has 0 aromatic heterocycles. The van der Waals surface area contributed by atoms with Crippen molar-refractivity contribution in [3.63, 3.8) is 0 Å². The van der Waals surface area contributed by atoms with E-state index in [0.29, 0.717) is 11.8 Å². The van der Waals surface area contributed by atoms with Gasteiger partial charge in [0.2, 0.25) is 0 Å². The fraction of sp³-hybridized carbons (Fsp3) is 0.533. The minimum Gasteiger partial charge on any atom is -0.339 e. The minimum atomic E-state index is -0.418. The fourth-order valence-electron chi connectivity index (χ4n) is 3.23. The van der Waals surface area contributed by atoms with Crippen LogP contribution in [-0.2, 0) is 0 Å². The highest BCUT2D eigenvalue weighted by molar-refractivity contribution is 5.94. The third kappa shape index (κ3) is 2.96. The number of fused-ring (bicyclic) bond motifs is 1. The van der Waals surface area contributed by atoms with Gasteiger partial charge < -0.3 is 10.2 Å². The Kier molecular flexibility index (Phi) is 5.00. The number of halogens is 2. The predicted molar refractivity (Wildman–Crippen MR) is 78.6 cm³/mol. The quantitative estimate of drug-likeness (QED) is 0.863. The summed E-state index contributed by atoms with van der Waals surface area (Å²) in [5.74, 6) is 0.779. The van der Waals surface area contributed by atoms with Crippen LogP contribution in [-0.4, -0.2) is 37.0 Å². The summed E-state index contributed by atoms with van der Waals surface area (Å²) in [6.45, 7) is 3.62. The molecule has 2 aliphatic heterocycles. The molecular formula is C15H20ClFN2O. The summed E-state index contributed by atoms with van der Waals surface area (Å²) in [6, 6.07) is 6.26. The van der Waals surface area contributed by atoms with Crippen LogP contribution in [0.1, 0.15) is 23.2 Å². The second-order valence-electron chi connectivity index (χ2n) is 5.53. The zero-order valence-electron chi connectivity index (χ0n) is 11.3. The zero-order valence-corrected chi connectivity index (χ0v) is 12.2. The van der Waals surface area contributed by atoms with E-state index in [-0.39, 0.29) is 23.9 Å². The van der Waals surface area contributed by atoms with Crippen molar-refractivity contribution < 1.29 is 9.18 Å². The molecule has 5 heteroatoms. The third-order valence-corrected chi connectivity index (χ3v) is 4.41. The smallest absolute Gasteiger partial charge is 0.256 e. The van der Waals surface area contributed by atoms with Crippen molar-refractivity contribution in [2.24, 2.45) is 11.8 Å². The van der Waals surface area contributed by atoms with Gasteiger partial charge in [0, 0.05) is 13.1 Å². The van der Waals surface area contributed by atoms with E-state index in [1.165, 1.54) is 6.07 Å². The van der Waals surface area contributed by atoms with Gasteiger partial charge in [-0.15, -0.1) is 12.4 Å². The fourth-order valence-corrected chi connectivity index (χ4v) is 3.23. The first-order valence-electron chi connectivity index (χ1n) is 7.00. The van der Waals surface area contributed by atoms with E-state index < -0.39 is 5.82 Å². The molecule has 2 fully saturated rings. The summed E-state index contributed by atoms with van der Waals surface area (Å²) in [4.78, 5) is 14.2. The second-order valence-corrected chi connectivity index (χ2v) is 5.53. The Bertz CT molecular complexity index is 469. The topological polar surface area (TPSA) is 32.3 Å². The number of carbonyl (C=O) groups excluding carboxylic acids is 1. The monoisotopic (exact) mass is 298 g/mol. The molecular weight excluding hydrogens is 279 g/mol. The van der Waals surface area contributed by atoms with E-state index >= 15 is 0 Å². The summed E-state index contributed by atoms with van der Waals surface area (Å²) >= 11 is 0. The van der Waals surface area contributed by atoms with Crippen LogP contribution < -0.4 is 5.32 Å². The minimum absolute atomic E-state index is 0. The van der Waals surface area contributed by atoms with Gasteiger partial charge in [0.25, 0.3) is 5.91 Å². The number of nitrogens with zero attached hydrogens (tertiary/aromatic N) is 1. The zero-order chi connectivity index (χ0) is 13.2. The molecule has 0 aliphatic carbocycles. The highest BCUT2D eigenvalue weighted by Crippen LogP contribution is 2.27. The first kappa shape index (κ1) is 15.3. The number of hydrogen-bond acceptors (Lipinski definition) is 2. The van der Waals surface area contributed by atoms with E-state index in [2.05, 4.69) is 5.32 Å². The van der Waals surface area contributed by atoms with Crippen LogP contribution in [0.5, 0.6) is 0 Å². The van der Waals surface area contributed by atoms with Gasteiger partial charge >= 0.3 is 0 Å². The number of carbonyl (C=O) groups is 1. The van der Waals surface area contributed by atoms with Crippen molar-refractivity contribution in [3.05, 3.63) is 35.6 Å². The van der Waals surface area contributed by atoms with E-state index in [1.54, 1.807) is 18.2 Å². The maximum absolute atomic E-state index is 13.7. The molecule has 0 radical (unpaired) electrons. The van der Waals surface area contributed by atoms with Gasteiger partial charge in [0.05, 0.1) is 5.56 Å². The Morgan fingerprint density at radius 3 is 2.35 bits per heavy atom. The average Bonchev–Trinajstić information content (AvgIpc) is 2.78. The van der Waals surface area contributed by atoms with Crippen molar-refractivity contribution in [3.8, 4) is 0 Å². The molecule has 2 atom stereocenters. The van der Waals surface area contributed by atoms with Gasteiger partial charge in [0.1, 0.15) is 5.82 Å². The Morgan fingerprint density at radius 2 is 1.75 bits per heavy atom. The van der Waals surface area contributed by atoms with E-state index in [9.17, 15) is 9.18 Å². The molecule has 3 rings (SSSR count). The SMILES string of the molecule is Cl.O=C(c1ccccc1F)N1CC[C@@H]2CNC[C@@H]2CC1. The Balaban J connectivity index is 0.00000147. The normalized spacial score (nSPS) is 25.6. The van der Waals surface area contributed by atoms with Crippen LogP contribution in [0.2, 0.25) is 0 Å². The maximum Gasteiger partial charge on any atom is 0.256 e. The molecule has 2 heterocycles. The lowest BCUT2D eigenvalue weighted by Gasteiger charge is -2.21. The highest BCUT2D eigenvalue weighted by Gasteiger charge is 2.32. The molecule has 0 unspecified atom stereocenters. The summed E-state index contributed by atoms with van der Waals surface area (Å²) in [5.41, 5.74) is 0.202. The van der Waals surface area contributed by atoms with Gasteiger partial charge in [-0.25, -0.2) is 4.39 Å². The molecule has 20 heavy (non-hydrogen) atoms. The molecule has 110 valence electrons. The highest BCUT2D eigenvalue weighted by atomic mass is 35.5. The molecule has 1 amide bonds. The van der Waals surface area contributed by atoms with E-state index in [4.69, 9.17) is 0 Å². The van der Waals surface area contributed by atoms with E-state index in [0.717, 1.165) is 39.0 Å². The largest absolute Gasteiger partial charge is 0.339 e. The molecule has 1 aromatic rings. The van der Waals surface area contributed by atoms with Gasteiger partial charge in [-0.3, -0.25) is 4.79 Å². The lowest BCUT2D eigenvalue weighted by atomic mass is 9.92. The van der Waals surface area contributed by atoms with Gasteiger partial charge in [-0.2, -0.15) is 0 Å². The van der Waals surface area contributed by atoms with Crippen LogP contribution in [0.25, 0.3) is 0 Å². The maximum atomic E-state index is 13.7. The lowest BCUT2D eigenvalue weighted by Crippen LogP contribution is -2.33. The Morgan fingerprint density at radius 1 is 1.15 bits per heavy atom. The number of amides is 1. The summed E-state index contributed by atoms with van der Waals surface area (Å²) < 4.78 is 13.7. The van der Waals surface area contributed by atoms with Gasteiger partial charge in [0.15, 0.2) is 0 Å². The molecule has 0 bridgehead atoms. The lowest BCUT2D eigenvalue weighted by molar-refractivity contribution is 0.0754. The van der Waals surface area contributed by atoms with Crippen LogP contribution in [0.4, 0.5) is 4.39 Å². The predicted octanol–water partition coefficient (Wildman–Crippen LogP) is 2.32. The van der Waals surface area contributed by atoms with Crippen molar-refractivity contribution in [1.82, 2.24) is 10.2 Å². The molecule has 2 aliphatic rings. The van der Waals surface area contributed by atoms with Crippen molar-refractivity contribution in [2.75, 3.05) is 26.2 Å². The van der Waals surface area contributed by atoms with Crippen LogP contribution in [0.15, 0.2) is 24.3 Å². The molecule has 0 spiro atoms. The van der Waals surface area contributed by atoms with Crippen molar-refractivity contribution in [2.45, 2.75) is 12.8 Å². The molecule has 0 saturated carbocycles. The standard InChI is InChI=1S/C15H19FN2O.ClH/c16-14-4-2-1-3-13(14)15(19)18-7-5-11-9-17-10-12(11)6-8-18;/h1-4,11-12,17H,5-10H2;1H/t11-,12+;. The Labute approximate surface area is 124 Å². The summed E-state index contributed by atoms with van der Waals surface area (Å²) in [5, 5.41) is 3.41. The summed E-state index contributed by atoms with van der Waals surface area (Å²) in [6.07, 6.45) is 2.05. The second kappa shape index (κ2) is 6.55. The molecule has 2 saturated heterocycles. The van der Waals surface area contributed by atoms with Crippen molar-refractivity contribution >= 4 is 18.3 Å². The number of rotatable bonds is 1. The summed E-state index contributed by atoms with van der Waals surface area (Å²) in [7, 11) is 0. The number of likely N-dealkylation sites (tertiary alicyclic amines) is 1. The molecule has 3 nitrogen and oxygen atoms in total. The van der Waals surface area contributed by atoms with Crippen molar-refractivity contribution in [1.29, 1.82) is 0 Å². The number of nitrogens with one attached hydrogen (secondary N) is 1. The molecule has 1 aromatic carbocycles. The first-order valence-corrected chi connectivity index (χ1v) is 7.00. The van der Waals surface area contributed by atoms with Crippen LogP contribution in [0, 0.1) is 17.7 Å². The van der Waals surface area contributed by atoms with Gasteiger partial charge in [-0.1, -0.05) is 12.1 Å². The Hall–Kier alpha value is -1.13. The third-order valence-electron chi connectivity index (χ3n) is 4.41. The van der Waals surface area contributed by atoms with Crippen LogP contribution >= 0.6 is 12.4 Å². The van der Waals surface area contributed by atoms with E-state index in [1.807, 2.05) is 4.90 Å². The number of benzene rings is 1. The number of hydrogen-bond donors (Lipinski definition) is 1. The molecule has 1 N–H and O–H groups in total. The average molecular weight is 299 g/mol. The van der Waals surface area contributed by atoms with Gasteiger partial charge in [-0.05, 0) is 49.9 Å². The first-order chi connectivity index (χ1) is 9.25. The van der Waals surface area contributed by atoms with Crippen LogP contribution in [0.3, 0.4) is 0 Å².